The van der Waals surface area contributed by atoms with Gasteiger partial charge < -0.3 is 5.73 Å². The number of nitrogens with zero attached hydrogens (tertiary/aromatic N) is 2. The monoisotopic (exact) mass is 321 g/mol. The molecule has 0 amide bonds. The molecule has 0 bridgehead atoms. The summed E-state index contributed by atoms with van der Waals surface area (Å²) in [6, 6.07) is 12.6. The molecule has 2 rings (SSSR count). The predicted molar refractivity (Wildman–Crippen MR) is 82.6 cm³/mol. The van der Waals surface area contributed by atoms with Crippen LogP contribution in [-0.2, 0) is 10.0 Å². The Morgan fingerprint density at radius 2 is 1.90 bits per heavy atom. The zero-order valence-corrected chi connectivity index (χ0v) is 12.7. The van der Waals surface area contributed by atoms with E-state index in [9.17, 15) is 8.42 Å². The SMILES string of the molecule is CN(c1ccccc1C#N)S(=O)(=O)c1cc(N)ccc1Cl. The van der Waals surface area contributed by atoms with Crippen LogP contribution in [0.5, 0.6) is 0 Å². The summed E-state index contributed by atoms with van der Waals surface area (Å²) in [6.07, 6.45) is 0. The van der Waals surface area contributed by atoms with Crippen LogP contribution in [0.15, 0.2) is 47.4 Å². The van der Waals surface area contributed by atoms with Gasteiger partial charge in [-0.25, -0.2) is 8.42 Å². The van der Waals surface area contributed by atoms with Crippen molar-refractivity contribution in [2.75, 3.05) is 17.1 Å². The van der Waals surface area contributed by atoms with Crippen LogP contribution in [0.3, 0.4) is 0 Å². The van der Waals surface area contributed by atoms with E-state index in [2.05, 4.69) is 0 Å². The van der Waals surface area contributed by atoms with Crippen LogP contribution < -0.4 is 10.0 Å². The van der Waals surface area contributed by atoms with Crippen molar-refractivity contribution < 1.29 is 8.42 Å². The smallest absolute Gasteiger partial charge is 0.265 e. The third-order valence-electron chi connectivity index (χ3n) is 2.96. The molecule has 0 radical (unpaired) electrons. The average molecular weight is 322 g/mol. The second-order valence-corrected chi connectivity index (χ2v) is 6.64. The number of nitrogen functional groups attached to an aromatic ring is 1. The molecule has 0 heterocycles. The van der Waals surface area contributed by atoms with Gasteiger partial charge in [-0.2, -0.15) is 5.26 Å². The number of rotatable bonds is 3. The first kappa shape index (κ1) is 15.2. The van der Waals surface area contributed by atoms with Crippen molar-refractivity contribution in [1.82, 2.24) is 0 Å². The van der Waals surface area contributed by atoms with E-state index in [0.717, 1.165) is 4.31 Å². The van der Waals surface area contributed by atoms with Crippen molar-refractivity contribution in [2.45, 2.75) is 4.90 Å². The van der Waals surface area contributed by atoms with Gasteiger partial charge in [0, 0.05) is 12.7 Å². The molecule has 0 atom stereocenters. The van der Waals surface area contributed by atoms with Gasteiger partial charge in [0.25, 0.3) is 10.0 Å². The zero-order valence-electron chi connectivity index (χ0n) is 11.1. The molecule has 108 valence electrons. The molecule has 0 aliphatic carbocycles. The van der Waals surface area contributed by atoms with E-state index >= 15 is 0 Å². The van der Waals surface area contributed by atoms with E-state index in [1.165, 1.54) is 25.2 Å². The highest BCUT2D eigenvalue weighted by atomic mass is 35.5. The number of anilines is 2. The molecule has 0 aromatic heterocycles. The Balaban J connectivity index is 2.59. The number of sulfonamides is 1. The molecule has 2 aromatic rings. The van der Waals surface area contributed by atoms with Gasteiger partial charge in [0.05, 0.1) is 16.3 Å². The van der Waals surface area contributed by atoms with Crippen LogP contribution in [0.4, 0.5) is 11.4 Å². The van der Waals surface area contributed by atoms with Gasteiger partial charge in [-0.3, -0.25) is 4.31 Å². The Morgan fingerprint density at radius 1 is 1.24 bits per heavy atom. The molecule has 0 spiro atoms. The molecule has 0 aliphatic heterocycles. The largest absolute Gasteiger partial charge is 0.399 e. The fourth-order valence-corrected chi connectivity index (χ4v) is 3.56. The van der Waals surface area contributed by atoms with Crippen LogP contribution in [0.1, 0.15) is 5.56 Å². The molecule has 0 saturated heterocycles. The fraction of sp³-hybridized carbons (Fsp3) is 0.0714. The van der Waals surface area contributed by atoms with Crippen molar-refractivity contribution in [1.29, 1.82) is 5.26 Å². The normalized spacial score (nSPS) is 10.9. The zero-order chi connectivity index (χ0) is 15.6. The second-order valence-electron chi connectivity index (χ2n) is 4.29. The predicted octanol–water partition coefficient (Wildman–Crippen LogP) is 2.62. The Kier molecular flexibility index (Phi) is 4.07. The van der Waals surface area contributed by atoms with Crippen LogP contribution in [0, 0.1) is 11.3 Å². The van der Waals surface area contributed by atoms with Gasteiger partial charge in [0.2, 0.25) is 0 Å². The highest BCUT2D eigenvalue weighted by Crippen LogP contribution is 2.30. The number of halogens is 1. The first-order chi connectivity index (χ1) is 9.87. The van der Waals surface area contributed by atoms with Gasteiger partial charge in [-0.1, -0.05) is 23.7 Å². The molecule has 0 saturated carbocycles. The maximum Gasteiger partial charge on any atom is 0.265 e. The minimum atomic E-state index is -3.91. The second kappa shape index (κ2) is 5.64. The maximum absolute atomic E-state index is 12.7. The lowest BCUT2D eigenvalue weighted by Crippen LogP contribution is -2.27. The summed E-state index contributed by atoms with van der Waals surface area (Å²) < 4.78 is 26.3. The molecule has 7 heteroatoms. The number of nitriles is 1. The summed E-state index contributed by atoms with van der Waals surface area (Å²) >= 11 is 5.96. The van der Waals surface area contributed by atoms with E-state index in [1.807, 2.05) is 6.07 Å². The first-order valence-corrected chi connectivity index (χ1v) is 7.73. The van der Waals surface area contributed by atoms with E-state index in [0.29, 0.717) is 5.69 Å². The summed E-state index contributed by atoms with van der Waals surface area (Å²) in [5.41, 5.74) is 6.45. The lowest BCUT2D eigenvalue weighted by Gasteiger charge is -2.21. The van der Waals surface area contributed by atoms with Gasteiger partial charge in [-0.05, 0) is 30.3 Å². The summed E-state index contributed by atoms with van der Waals surface area (Å²) in [5.74, 6) is 0. The van der Waals surface area contributed by atoms with Crippen LogP contribution >= 0.6 is 11.6 Å². The number of hydrogen-bond acceptors (Lipinski definition) is 4. The lowest BCUT2D eigenvalue weighted by molar-refractivity contribution is 0.594. The number of para-hydroxylation sites is 1. The maximum atomic E-state index is 12.7. The van der Waals surface area contributed by atoms with E-state index in [1.54, 1.807) is 24.3 Å². The van der Waals surface area contributed by atoms with Gasteiger partial charge >= 0.3 is 0 Å². The molecular weight excluding hydrogens is 310 g/mol. The van der Waals surface area contributed by atoms with Crippen LogP contribution in [0.25, 0.3) is 0 Å². The minimum Gasteiger partial charge on any atom is -0.399 e. The number of benzene rings is 2. The van der Waals surface area contributed by atoms with Gasteiger partial charge in [0.15, 0.2) is 0 Å². The summed E-state index contributed by atoms with van der Waals surface area (Å²) in [5, 5.41) is 9.16. The standard InChI is InChI=1S/C14H12ClN3O2S/c1-18(13-5-3-2-4-10(13)9-16)21(19,20)14-8-11(17)6-7-12(14)15/h2-8H,17H2,1H3. The van der Waals surface area contributed by atoms with Crippen LogP contribution in [-0.4, -0.2) is 15.5 Å². The minimum absolute atomic E-state index is 0.0745. The fourth-order valence-electron chi connectivity index (χ4n) is 1.84. The Bertz CT molecular complexity index is 828. The lowest BCUT2D eigenvalue weighted by atomic mass is 10.2. The van der Waals surface area contributed by atoms with Crippen molar-refractivity contribution in [2.24, 2.45) is 0 Å². The molecule has 0 unspecified atom stereocenters. The van der Waals surface area contributed by atoms with Gasteiger partial charge in [0.1, 0.15) is 11.0 Å². The molecule has 5 nitrogen and oxygen atoms in total. The van der Waals surface area contributed by atoms with Crippen molar-refractivity contribution in [3.63, 3.8) is 0 Å². The number of hydrogen-bond donors (Lipinski definition) is 1. The van der Waals surface area contributed by atoms with Crippen molar-refractivity contribution in [3.8, 4) is 6.07 Å². The quantitative estimate of drug-likeness (QED) is 0.880. The summed E-state index contributed by atoms with van der Waals surface area (Å²) in [7, 11) is -2.54. The van der Waals surface area contributed by atoms with E-state index < -0.39 is 10.0 Å². The Morgan fingerprint density at radius 3 is 2.57 bits per heavy atom. The average Bonchev–Trinajstić information content (AvgIpc) is 2.48. The van der Waals surface area contributed by atoms with Gasteiger partial charge in [-0.15, -0.1) is 0 Å². The first-order valence-electron chi connectivity index (χ1n) is 5.91. The molecule has 0 fully saturated rings. The van der Waals surface area contributed by atoms with E-state index in [4.69, 9.17) is 22.6 Å². The molecule has 0 aliphatic rings. The highest BCUT2D eigenvalue weighted by molar-refractivity contribution is 7.93. The number of nitrogens with two attached hydrogens (primary N) is 1. The third kappa shape index (κ3) is 2.79. The molecule has 2 N–H and O–H groups in total. The van der Waals surface area contributed by atoms with Crippen LogP contribution in [0.2, 0.25) is 5.02 Å². The molecule has 21 heavy (non-hydrogen) atoms. The Hall–Kier alpha value is -2.23. The molecular formula is C14H12ClN3O2S. The molecule has 2 aromatic carbocycles. The van der Waals surface area contributed by atoms with E-state index in [-0.39, 0.29) is 21.2 Å². The Labute approximate surface area is 128 Å². The third-order valence-corrected chi connectivity index (χ3v) is 5.21. The topological polar surface area (TPSA) is 87.2 Å². The summed E-state index contributed by atoms with van der Waals surface area (Å²) in [6.45, 7) is 0. The van der Waals surface area contributed by atoms with Crippen molar-refractivity contribution in [3.05, 3.63) is 53.1 Å². The summed E-state index contributed by atoms with van der Waals surface area (Å²) in [4.78, 5) is -0.0978. The highest BCUT2D eigenvalue weighted by Gasteiger charge is 2.25. The van der Waals surface area contributed by atoms with Crippen molar-refractivity contribution >= 4 is 33.0 Å².